The summed E-state index contributed by atoms with van der Waals surface area (Å²) in [6.45, 7) is 3.76. The number of hydrogen-bond donors (Lipinski definition) is 2. The first-order valence-electron chi connectivity index (χ1n) is 6.23. The molecule has 0 spiro atoms. The van der Waals surface area contributed by atoms with Crippen molar-refractivity contribution in [2.45, 2.75) is 0 Å². The Bertz CT molecular complexity index is 712. The van der Waals surface area contributed by atoms with Gasteiger partial charge in [-0.05, 0) is 42.0 Å². The lowest BCUT2D eigenvalue weighted by molar-refractivity contribution is -0.384. The number of carbonyl (C=O) groups is 1. The predicted molar refractivity (Wildman–Crippen MR) is 84.2 cm³/mol. The molecule has 1 amide bonds. The number of nitrogens with one attached hydrogen (secondary N) is 2. The lowest BCUT2D eigenvalue weighted by Crippen LogP contribution is -2.35. The zero-order chi connectivity index (χ0) is 16.1. The maximum atomic E-state index is 11.9. The Balaban J connectivity index is 1.96. The van der Waals surface area contributed by atoms with Crippen LogP contribution in [0.2, 0.25) is 5.02 Å². The summed E-state index contributed by atoms with van der Waals surface area (Å²) in [7, 11) is 0. The Morgan fingerprint density at radius 1 is 1.00 bits per heavy atom. The highest BCUT2D eigenvalue weighted by atomic mass is 35.5. The number of non-ortho nitro benzene ring substituents is 1. The number of halogens is 1. The van der Waals surface area contributed by atoms with Crippen LogP contribution in [0.25, 0.3) is 5.70 Å². The maximum absolute atomic E-state index is 11.9. The van der Waals surface area contributed by atoms with Gasteiger partial charge in [-0.15, -0.1) is 0 Å². The van der Waals surface area contributed by atoms with Crippen LogP contribution in [0.3, 0.4) is 0 Å². The van der Waals surface area contributed by atoms with E-state index in [-0.39, 0.29) is 11.6 Å². The van der Waals surface area contributed by atoms with E-state index in [0.29, 0.717) is 21.8 Å². The lowest BCUT2D eigenvalue weighted by atomic mass is 10.1. The number of carbonyl (C=O) groups excluding carboxylic acids is 1. The molecule has 0 aliphatic heterocycles. The third-order valence-electron chi connectivity index (χ3n) is 2.86. The van der Waals surface area contributed by atoms with E-state index in [1.165, 1.54) is 12.1 Å². The summed E-state index contributed by atoms with van der Waals surface area (Å²) >= 11 is 5.75. The molecule has 0 radical (unpaired) electrons. The van der Waals surface area contributed by atoms with Gasteiger partial charge >= 0.3 is 0 Å². The van der Waals surface area contributed by atoms with Crippen molar-refractivity contribution in [3.05, 3.63) is 81.4 Å². The molecule has 0 unspecified atom stereocenters. The molecule has 2 N–H and O–H groups in total. The van der Waals surface area contributed by atoms with Crippen LogP contribution in [0.15, 0.2) is 55.1 Å². The quantitative estimate of drug-likeness (QED) is 0.655. The van der Waals surface area contributed by atoms with Gasteiger partial charge in [0.1, 0.15) is 0 Å². The Kier molecular flexibility index (Phi) is 4.75. The molecule has 2 aromatic rings. The van der Waals surface area contributed by atoms with E-state index in [0.717, 1.165) is 0 Å². The summed E-state index contributed by atoms with van der Waals surface area (Å²) in [6, 6.07) is 12.2. The number of amides is 1. The molecular weight excluding hydrogens is 306 g/mol. The molecule has 0 heterocycles. The molecule has 112 valence electrons. The van der Waals surface area contributed by atoms with Crippen molar-refractivity contribution >= 4 is 28.9 Å². The van der Waals surface area contributed by atoms with Crippen LogP contribution in [0, 0.1) is 10.1 Å². The van der Waals surface area contributed by atoms with Crippen LogP contribution in [-0.4, -0.2) is 10.8 Å². The molecule has 2 aromatic carbocycles. The number of benzene rings is 2. The minimum Gasteiger partial charge on any atom is -0.298 e. The molecule has 0 saturated heterocycles. The molecule has 2 rings (SSSR count). The van der Waals surface area contributed by atoms with Gasteiger partial charge in [-0.2, -0.15) is 0 Å². The summed E-state index contributed by atoms with van der Waals surface area (Å²) in [5.41, 5.74) is 6.62. The van der Waals surface area contributed by atoms with E-state index in [1.807, 2.05) is 0 Å². The number of nitro groups is 1. The van der Waals surface area contributed by atoms with Crippen molar-refractivity contribution in [2.75, 3.05) is 0 Å². The molecule has 0 aliphatic carbocycles. The van der Waals surface area contributed by atoms with Gasteiger partial charge in [0.2, 0.25) is 0 Å². The number of hydrazine groups is 1. The number of rotatable bonds is 5. The molecule has 22 heavy (non-hydrogen) atoms. The van der Waals surface area contributed by atoms with Crippen LogP contribution >= 0.6 is 11.6 Å². The first-order chi connectivity index (χ1) is 10.5. The van der Waals surface area contributed by atoms with Crippen LogP contribution in [0.5, 0.6) is 0 Å². The van der Waals surface area contributed by atoms with E-state index in [4.69, 9.17) is 11.6 Å². The summed E-state index contributed by atoms with van der Waals surface area (Å²) in [4.78, 5) is 22.0. The van der Waals surface area contributed by atoms with Gasteiger partial charge in [0.15, 0.2) is 0 Å². The highest BCUT2D eigenvalue weighted by Gasteiger charge is 2.08. The molecule has 0 aliphatic rings. The van der Waals surface area contributed by atoms with E-state index < -0.39 is 4.92 Å². The average molecular weight is 318 g/mol. The third-order valence-corrected chi connectivity index (χ3v) is 3.11. The average Bonchev–Trinajstić information content (AvgIpc) is 2.53. The summed E-state index contributed by atoms with van der Waals surface area (Å²) < 4.78 is 0. The van der Waals surface area contributed by atoms with Crippen molar-refractivity contribution in [1.82, 2.24) is 10.9 Å². The zero-order valence-electron chi connectivity index (χ0n) is 11.4. The fourth-order valence-electron chi connectivity index (χ4n) is 1.66. The lowest BCUT2D eigenvalue weighted by Gasteiger charge is -2.11. The van der Waals surface area contributed by atoms with Crippen molar-refractivity contribution in [3.8, 4) is 0 Å². The highest BCUT2D eigenvalue weighted by Crippen LogP contribution is 2.15. The Hall–Kier alpha value is -2.86. The van der Waals surface area contributed by atoms with Gasteiger partial charge < -0.3 is 0 Å². The first kappa shape index (κ1) is 15.5. The highest BCUT2D eigenvalue weighted by molar-refractivity contribution is 6.30. The molecular formula is C15H12ClN3O3. The Labute approximate surface area is 131 Å². The SMILES string of the molecule is C=C(NNC(=O)c1ccc(Cl)cc1)c1ccc([N+](=O)[O-])cc1. The molecule has 0 aromatic heterocycles. The second-order valence-electron chi connectivity index (χ2n) is 4.37. The van der Waals surface area contributed by atoms with Crippen LogP contribution in [-0.2, 0) is 0 Å². The van der Waals surface area contributed by atoms with E-state index >= 15 is 0 Å². The predicted octanol–water partition coefficient (Wildman–Crippen LogP) is 3.15. The van der Waals surface area contributed by atoms with Crippen LogP contribution < -0.4 is 10.9 Å². The van der Waals surface area contributed by atoms with Crippen molar-refractivity contribution in [2.24, 2.45) is 0 Å². The van der Waals surface area contributed by atoms with Crippen molar-refractivity contribution in [1.29, 1.82) is 0 Å². The van der Waals surface area contributed by atoms with Crippen molar-refractivity contribution < 1.29 is 9.72 Å². The second kappa shape index (κ2) is 6.73. The largest absolute Gasteiger partial charge is 0.298 e. The minimum atomic E-state index is -0.484. The fraction of sp³-hybridized carbons (Fsp3) is 0. The Morgan fingerprint density at radius 3 is 2.09 bits per heavy atom. The van der Waals surface area contributed by atoms with E-state index in [9.17, 15) is 14.9 Å². The smallest absolute Gasteiger partial charge is 0.269 e. The number of nitro benzene ring substituents is 1. The Morgan fingerprint density at radius 2 is 1.55 bits per heavy atom. The van der Waals surface area contributed by atoms with E-state index in [2.05, 4.69) is 17.4 Å². The first-order valence-corrected chi connectivity index (χ1v) is 6.61. The van der Waals surface area contributed by atoms with Gasteiger partial charge in [0.25, 0.3) is 11.6 Å². The fourth-order valence-corrected chi connectivity index (χ4v) is 1.79. The second-order valence-corrected chi connectivity index (χ2v) is 4.80. The molecule has 7 heteroatoms. The zero-order valence-corrected chi connectivity index (χ0v) is 12.1. The summed E-state index contributed by atoms with van der Waals surface area (Å²) in [5, 5.41) is 11.1. The monoisotopic (exact) mass is 317 g/mol. The normalized spacial score (nSPS) is 9.86. The topological polar surface area (TPSA) is 84.3 Å². The van der Waals surface area contributed by atoms with Gasteiger partial charge in [0, 0.05) is 22.7 Å². The van der Waals surface area contributed by atoms with Gasteiger partial charge in [-0.3, -0.25) is 25.8 Å². The van der Waals surface area contributed by atoms with Gasteiger partial charge in [-0.1, -0.05) is 18.2 Å². The van der Waals surface area contributed by atoms with Gasteiger partial charge in [0.05, 0.1) is 10.6 Å². The van der Waals surface area contributed by atoms with Crippen LogP contribution in [0.4, 0.5) is 5.69 Å². The standard InChI is InChI=1S/C15H12ClN3O3/c1-10(11-4-8-14(9-5-11)19(21)22)17-18-15(20)12-2-6-13(16)7-3-12/h2-9,17H,1H2,(H,18,20). The molecule has 0 saturated carbocycles. The third kappa shape index (κ3) is 3.83. The minimum absolute atomic E-state index is 0.0123. The van der Waals surface area contributed by atoms with Crippen LogP contribution in [0.1, 0.15) is 15.9 Å². The molecule has 6 nitrogen and oxygen atoms in total. The number of nitrogens with zero attached hydrogens (tertiary/aromatic N) is 1. The maximum Gasteiger partial charge on any atom is 0.269 e. The van der Waals surface area contributed by atoms with E-state index in [1.54, 1.807) is 36.4 Å². The van der Waals surface area contributed by atoms with Gasteiger partial charge in [-0.25, -0.2) is 0 Å². The number of hydrogen-bond acceptors (Lipinski definition) is 4. The molecule has 0 fully saturated rings. The molecule has 0 atom stereocenters. The summed E-state index contributed by atoms with van der Waals surface area (Å²) in [5.74, 6) is -0.347. The van der Waals surface area contributed by atoms with Crippen molar-refractivity contribution in [3.63, 3.8) is 0 Å². The summed E-state index contributed by atoms with van der Waals surface area (Å²) in [6.07, 6.45) is 0. The molecule has 0 bridgehead atoms.